The average Bonchev–Trinajstić information content (AvgIpc) is 3.65. The Labute approximate surface area is 197 Å². The van der Waals surface area contributed by atoms with E-state index in [0.29, 0.717) is 54.9 Å². The van der Waals surface area contributed by atoms with Gasteiger partial charge in [0.15, 0.2) is 17.2 Å². The van der Waals surface area contributed by atoms with Gasteiger partial charge in [0.05, 0.1) is 25.6 Å². The quantitative estimate of drug-likeness (QED) is 0.561. The van der Waals surface area contributed by atoms with Crippen molar-refractivity contribution in [3.05, 3.63) is 65.5 Å². The van der Waals surface area contributed by atoms with E-state index in [1.165, 1.54) is 0 Å². The van der Waals surface area contributed by atoms with Crippen molar-refractivity contribution in [2.75, 3.05) is 40.4 Å². The number of nitrogens with zero attached hydrogens (tertiary/aromatic N) is 5. The molecule has 2 fully saturated rings. The Morgan fingerprint density at radius 3 is 2.12 bits per heavy atom. The zero-order valence-corrected chi connectivity index (χ0v) is 19.3. The summed E-state index contributed by atoms with van der Waals surface area (Å²) >= 11 is 0. The first-order valence-electron chi connectivity index (χ1n) is 11.4. The third-order valence-corrected chi connectivity index (χ3v) is 6.36. The molecule has 2 heterocycles. The number of hydrogen-bond acceptors (Lipinski definition) is 6. The summed E-state index contributed by atoms with van der Waals surface area (Å²) in [4.78, 5) is 29.9. The van der Waals surface area contributed by atoms with E-state index in [9.17, 15) is 9.59 Å². The topological polar surface area (TPSA) is 89.8 Å². The van der Waals surface area contributed by atoms with Crippen LogP contribution >= 0.6 is 0 Å². The second-order valence-corrected chi connectivity index (χ2v) is 8.50. The molecule has 1 saturated carbocycles. The fourth-order valence-corrected chi connectivity index (χ4v) is 4.34. The van der Waals surface area contributed by atoms with Gasteiger partial charge in [-0.15, -0.1) is 5.10 Å². The van der Waals surface area contributed by atoms with Crippen LogP contribution in [0.2, 0.25) is 0 Å². The summed E-state index contributed by atoms with van der Waals surface area (Å²) in [6, 6.07) is 14.9. The van der Waals surface area contributed by atoms with Gasteiger partial charge >= 0.3 is 0 Å². The Morgan fingerprint density at radius 1 is 0.853 bits per heavy atom. The van der Waals surface area contributed by atoms with Crippen LogP contribution in [0.5, 0.6) is 11.5 Å². The molecule has 1 aromatic heterocycles. The van der Waals surface area contributed by atoms with Crippen LogP contribution in [-0.4, -0.2) is 77.0 Å². The number of rotatable bonds is 6. The highest BCUT2D eigenvalue weighted by molar-refractivity contribution is 5.96. The summed E-state index contributed by atoms with van der Waals surface area (Å²) in [7, 11) is 3.10. The van der Waals surface area contributed by atoms with Crippen molar-refractivity contribution in [2.45, 2.75) is 18.8 Å². The molecule has 0 N–H and O–H groups in total. The molecule has 9 heteroatoms. The lowest BCUT2D eigenvalue weighted by Crippen LogP contribution is -2.50. The lowest BCUT2D eigenvalue weighted by molar-refractivity contribution is 0.0531. The van der Waals surface area contributed by atoms with Gasteiger partial charge < -0.3 is 19.3 Å². The van der Waals surface area contributed by atoms with Gasteiger partial charge in [-0.1, -0.05) is 23.4 Å². The molecule has 5 rings (SSSR count). The third-order valence-electron chi connectivity index (χ3n) is 6.36. The van der Waals surface area contributed by atoms with Gasteiger partial charge in [-0.3, -0.25) is 9.59 Å². The van der Waals surface area contributed by atoms with Crippen molar-refractivity contribution >= 4 is 11.8 Å². The second-order valence-electron chi connectivity index (χ2n) is 8.50. The maximum Gasteiger partial charge on any atom is 0.276 e. The van der Waals surface area contributed by atoms with Crippen molar-refractivity contribution in [1.82, 2.24) is 24.8 Å². The predicted octanol–water partition coefficient (Wildman–Crippen LogP) is 2.76. The van der Waals surface area contributed by atoms with Gasteiger partial charge in [0, 0.05) is 37.7 Å². The minimum absolute atomic E-state index is 0.0956. The molecule has 3 aromatic rings. The van der Waals surface area contributed by atoms with E-state index in [2.05, 4.69) is 10.3 Å². The Balaban J connectivity index is 1.29. The first kappa shape index (κ1) is 21.9. The summed E-state index contributed by atoms with van der Waals surface area (Å²) in [5.41, 5.74) is 2.74. The maximum absolute atomic E-state index is 13.4. The molecule has 2 aromatic carbocycles. The lowest BCUT2D eigenvalue weighted by atomic mass is 10.1. The highest BCUT2D eigenvalue weighted by Crippen LogP contribution is 2.42. The average molecular weight is 462 g/mol. The molecular formula is C25H27N5O4. The molecule has 2 amide bonds. The van der Waals surface area contributed by atoms with Crippen molar-refractivity contribution in [3.63, 3.8) is 0 Å². The van der Waals surface area contributed by atoms with Gasteiger partial charge in [-0.25, -0.2) is 4.68 Å². The summed E-state index contributed by atoms with van der Waals surface area (Å²) < 4.78 is 12.4. The molecule has 0 bridgehead atoms. The molecular weight excluding hydrogens is 434 g/mol. The largest absolute Gasteiger partial charge is 0.493 e. The van der Waals surface area contributed by atoms with E-state index in [1.807, 2.05) is 30.3 Å². The molecule has 0 atom stereocenters. The number of amides is 2. The van der Waals surface area contributed by atoms with Crippen LogP contribution < -0.4 is 9.47 Å². The highest BCUT2D eigenvalue weighted by Gasteiger charge is 2.36. The van der Waals surface area contributed by atoms with Crippen LogP contribution in [0, 0.1) is 0 Å². The number of para-hydroxylation sites is 1. The molecule has 2 aliphatic rings. The number of ether oxygens (including phenoxy) is 2. The van der Waals surface area contributed by atoms with Gasteiger partial charge in [0.25, 0.3) is 11.8 Å². The Morgan fingerprint density at radius 2 is 1.50 bits per heavy atom. The zero-order valence-electron chi connectivity index (χ0n) is 19.3. The molecule has 0 spiro atoms. The van der Waals surface area contributed by atoms with Gasteiger partial charge in [-0.05, 0) is 43.2 Å². The normalized spacial score (nSPS) is 15.8. The van der Waals surface area contributed by atoms with Crippen LogP contribution in [0.25, 0.3) is 5.69 Å². The zero-order chi connectivity index (χ0) is 23.7. The smallest absolute Gasteiger partial charge is 0.276 e. The Kier molecular flexibility index (Phi) is 5.91. The monoisotopic (exact) mass is 461 g/mol. The standard InChI is InChI=1S/C25H27N5O4/c1-33-20-11-10-18(16-21(20)34-2)24(31)28-12-14-29(15-13-28)25(32)22-23(17-8-9-17)30(27-26-22)19-6-4-3-5-7-19/h3-7,10-11,16-17H,8-9,12-15H2,1-2H3. The van der Waals surface area contributed by atoms with Crippen molar-refractivity contribution in [2.24, 2.45) is 0 Å². The van der Waals surface area contributed by atoms with Crippen LogP contribution in [0.1, 0.15) is 45.3 Å². The number of carbonyl (C=O) groups excluding carboxylic acids is 2. The number of benzene rings is 2. The van der Waals surface area contributed by atoms with E-state index in [4.69, 9.17) is 9.47 Å². The minimum Gasteiger partial charge on any atom is -0.493 e. The number of methoxy groups -OCH3 is 2. The number of piperazine rings is 1. The summed E-state index contributed by atoms with van der Waals surface area (Å²) in [6.07, 6.45) is 2.07. The first-order valence-corrected chi connectivity index (χ1v) is 11.4. The van der Waals surface area contributed by atoms with Crippen molar-refractivity contribution < 1.29 is 19.1 Å². The number of aromatic nitrogens is 3. The second kappa shape index (κ2) is 9.17. The molecule has 0 radical (unpaired) electrons. The number of carbonyl (C=O) groups is 2. The Bertz CT molecular complexity index is 1200. The van der Waals surface area contributed by atoms with E-state index < -0.39 is 0 Å². The van der Waals surface area contributed by atoms with Crippen LogP contribution in [0.15, 0.2) is 48.5 Å². The number of hydrogen-bond donors (Lipinski definition) is 0. The molecule has 1 aliphatic carbocycles. The van der Waals surface area contributed by atoms with Gasteiger partial charge in [0.1, 0.15) is 0 Å². The van der Waals surface area contributed by atoms with Gasteiger partial charge in [-0.2, -0.15) is 0 Å². The van der Waals surface area contributed by atoms with Crippen molar-refractivity contribution in [1.29, 1.82) is 0 Å². The molecule has 34 heavy (non-hydrogen) atoms. The van der Waals surface area contributed by atoms with E-state index in [1.54, 1.807) is 46.9 Å². The summed E-state index contributed by atoms with van der Waals surface area (Å²) in [5, 5.41) is 8.59. The van der Waals surface area contributed by atoms with Crippen LogP contribution in [0.3, 0.4) is 0 Å². The predicted molar refractivity (Wildman–Crippen MR) is 125 cm³/mol. The molecule has 1 aliphatic heterocycles. The van der Waals surface area contributed by atoms with Crippen LogP contribution in [-0.2, 0) is 0 Å². The molecule has 0 unspecified atom stereocenters. The Hall–Kier alpha value is -3.88. The molecule has 9 nitrogen and oxygen atoms in total. The molecule has 1 saturated heterocycles. The summed E-state index contributed by atoms with van der Waals surface area (Å²) in [5.74, 6) is 1.17. The van der Waals surface area contributed by atoms with E-state index in [0.717, 1.165) is 24.2 Å². The first-order chi connectivity index (χ1) is 16.6. The minimum atomic E-state index is -0.123. The fourth-order valence-electron chi connectivity index (χ4n) is 4.34. The lowest BCUT2D eigenvalue weighted by Gasteiger charge is -2.34. The van der Waals surface area contributed by atoms with Crippen molar-refractivity contribution in [3.8, 4) is 17.2 Å². The van der Waals surface area contributed by atoms with E-state index >= 15 is 0 Å². The van der Waals surface area contributed by atoms with Gasteiger partial charge in [0.2, 0.25) is 0 Å². The third kappa shape index (κ3) is 4.09. The molecule has 176 valence electrons. The SMILES string of the molecule is COc1ccc(C(=O)N2CCN(C(=O)c3nnn(-c4ccccc4)c3C3CC3)CC2)cc1OC. The highest BCUT2D eigenvalue weighted by atomic mass is 16.5. The fraction of sp³-hybridized carbons (Fsp3) is 0.360. The maximum atomic E-state index is 13.4. The van der Waals surface area contributed by atoms with E-state index in [-0.39, 0.29) is 11.8 Å². The van der Waals surface area contributed by atoms with Crippen LogP contribution in [0.4, 0.5) is 0 Å². The summed E-state index contributed by atoms with van der Waals surface area (Å²) in [6.45, 7) is 1.79.